The molecule has 0 aliphatic heterocycles. The van der Waals surface area contributed by atoms with E-state index in [4.69, 9.17) is 11.6 Å². The number of hydrogen-bond donors (Lipinski definition) is 1. The van der Waals surface area contributed by atoms with Gasteiger partial charge >= 0.3 is 5.97 Å². The van der Waals surface area contributed by atoms with Gasteiger partial charge in [-0.25, -0.2) is 14.4 Å². The summed E-state index contributed by atoms with van der Waals surface area (Å²) in [6.45, 7) is 1.60. The molecule has 4 nitrogen and oxygen atoms in total. The number of aryl methyl sites for hydroxylation is 1. The number of aliphatic carboxylic acids is 1. The van der Waals surface area contributed by atoms with Gasteiger partial charge < -0.3 is 5.11 Å². The van der Waals surface area contributed by atoms with E-state index < -0.39 is 17.2 Å². The average Bonchev–Trinajstić information content (AvgIpc) is 3.04. The fraction of sp³-hybridized carbons (Fsp3) is 0.190. The molecule has 1 aromatic heterocycles. The van der Waals surface area contributed by atoms with Crippen LogP contribution in [0.5, 0.6) is 0 Å². The number of hydrogen-bond acceptors (Lipinski definition) is 3. The molecule has 1 heterocycles. The zero-order valence-electron chi connectivity index (χ0n) is 14.5. The van der Waals surface area contributed by atoms with Gasteiger partial charge in [0.05, 0.1) is 5.02 Å². The number of nitrogens with zero attached hydrogens (tertiary/aromatic N) is 2. The third-order valence-electron chi connectivity index (χ3n) is 5.27. The van der Waals surface area contributed by atoms with Crippen LogP contribution in [0.4, 0.5) is 4.39 Å². The molecule has 6 heteroatoms. The predicted molar refractivity (Wildman–Crippen MR) is 100 cm³/mol. The second kappa shape index (κ2) is 6.43. The van der Waals surface area contributed by atoms with Crippen LogP contribution >= 0.6 is 11.6 Å². The van der Waals surface area contributed by atoms with E-state index in [1.54, 1.807) is 31.3 Å². The molecule has 1 aliphatic carbocycles. The highest BCUT2D eigenvalue weighted by Crippen LogP contribution is 2.45. The Kier molecular flexibility index (Phi) is 4.19. The first-order valence-electron chi connectivity index (χ1n) is 8.55. The monoisotopic (exact) mass is 382 g/mol. The number of fused-ring (bicyclic) bond motifs is 1. The lowest BCUT2D eigenvalue weighted by atomic mass is 9.74. The fourth-order valence-electron chi connectivity index (χ4n) is 3.86. The summed E-state index contributed by atoms with van der Waals surface area (Å²) in [6, 6.07) is 11.8. The summed E-state index contributed by atoms with van der Waals surface area (Å²) in [4.78, 5) is 21.3. The van der Waals surface area contributed by atoms with Gasteiger partial charge in [-0.3, -0.25) is 4.79 Å². The molecule has 4 rings (SSSR count). The molecular formula is C21H16ClFN2O2. The maximum atomic E-state index is 14.1. The van der Waals surface area contributed by atoms with Gasteiger partial charge in [0.15, 0.2) is 5.82 Å². The van der Waals surface area contributed by atoms with Gasteiger partial charge in [-0.2, -0.15) is 0 Å². The molecule has 27 heavy (non-hydrogen) atoms. The SMILES string of the molecule is Cc1c(F)cccc1C1(C(=O)O)CCc2nc(-c3ccccc3Cl)ncc21. The van der Waals surface area contributed by atoms with Crippen molar-refractivity contribution in [2.24, 2.45) is 0 Å². The van der Waals surface area contributed by atoms with E-state index in [1.165, 1.54) is 6.07 Å². The number of carbonyl (C=O) groups is 1. The molecule has 1 unspecified atom stereocenters. The summed E-state index contributed by atoms with van der Waals surface area (Å²) >= 11 is 6.23. The summed E-state index contributed by atoms with van der Waals surface area (Å²) in [5.41, 5.74) is 1.30. The third kappa shape index (κ3) is 2.61. The average molecular weight is 383 g/mol. The number of benzene rings is 2. The molecule has 1 N–H and O–H groups in total. The van der Waals surface area contributed by atoms with Crippen LogP contribution in [0.15, 0.2) is 48.7 Å². The maximum Gasteiger partial charge on any atom is 0.318 e. The van der Waals surface area contributed by atoms with E-state index in [1.807, 2.05) is 18.2 Å². The molecule has 0 bridgehead atoms. The Morgan fingerprint density at radius 1 is 1.19 bits per heavy atom. The Morgan fingerprint density at radius 2 is 1.96 bits per heavy atom. The topological polar surface area (TPSA) is 63.1 Å². The first-order valence-corrected chi connectivity index (χ1v) is 8.93. The Hall–Kier alpha value is -2.79. The normalized spacial score (nSPS) is 18.3. The van der Waals surface area contributed by atoms with Crippen LogP contribution in [0, 0.1) is 12.7 Å². The molecule has 0 fully saturated rings. The second-order valence-corrected chi connectivity index (χ2v) is 7.06. The minimum absolute atomic E-state index is 0.308. The van der Waals surface area contributed by atoms with Crippen molar-refractivity contribution in [1.82, 2.24) is 9.97 Å². The Balaban J connectivity index is 1.90. The van der Waals surface area contributed by atoms with Crippen molar-refractivity contribution in [3.05, 3.63) is 81.9 Å². The molecule has 0 saturated carbocycles. The number of rotatable bonds is 3. The Bertz CT molecular complexity index is 1070. The van der Waals surface area contributed by atoms with E-state index in [9.17, 15) is 14.3 Å². The van der Waals surface area contributed by atoms with Gasteiger partial charge in [0.2, 0.25) is 0 Å². The van der Waals surface area contributed by atoms with Crippen molar-refractivity contribution in [3.63, 3.8) is 0 Å². The summed E-state index contributed by atoms with van der Waals surface area (Å²) in [7, 11) is 0. The largest absolute Gasteiger partial charge is 0.480 e. The quantitative estimate of drug-likeness (QED) is 0.721. The van der Waals surface area contributed by atoms with Crippen LogP contribution in [0.1, 0.15) is 28.8 Å². The second-order valence-electron chi connectivity index (χ2n) is 6.66. The molecule has 136 valence electrons. The van der Waals surface area contributed by atoms with Crippen LogP contribution in [0.3, 0.4) is 0 Å². The fourth-order valence-corrected chi connectivity index (χ4v) is 4.08. The molecule has 0 radical (unpaired) electrons. The van der Waals surface area contributed by atoms with Gasteiger partial charge in [-0.15, -0.1) is 0 Å². The van der Waals surface area contributed by atoms with Crippen molar-refractivity contribution in [3.8, 4) is 11.4 Å². The number of halogens is 2. The molecular weight excluding hydrogens is 367 g/mol. The number of aromatic nitrogens is 2. The van der Waals surface area contributed by atoms with Crippen molar-refractivity contribution in [2.75, 3.05) is 0 Å². The summed E-state index contributed by atoms with van der Waals surface area (Å²) in [5, 5.41) is 10.6. The molecule has 0 saturated heterocycles. The zero-order chi connectivity index (χ0) is 19.2. The highest BCUT2D eigenvalue weighted by molar-refractivity contribution is 6.33. The van der Waals surface area contributed by atoms with E-state index in [0.717, 1.165) is 0 Å². The highest BCUT2D eigenvalue weighted by Gasteiger charge is 2.49. The van der Waals surface area contributed by atoms with Crippen molar-refractivity contribution in [2.45, 2.75) is 25.2 Å². The first-order chi connectivity index (χ1) is 12.9. The summed E-state index contributed by atoms with van der Waals surface area (Å²) in [6.07, 6.45) is 2.33. The van der Waals surface area contributed by atoms with Gasteiger partial charge in [-0.05, 0) is 49.1 Å². The van der Waals surface area contributed by atoms with Gasteiger partial charge in [0, 0.05) is 23.0 Å². The lowest BCUT2D eigenvalue weighted by molar-refractivity contribution is -0.142. The van der Waals surface area contributed by atoms with Gasteiger partial charge in [0.1, 0.15) is 11.2 Å². The van der Waals surface area contributed by atoms with Crippen molar-refractivity contribution in [1.29, 1.82) is 0 Å². The van der Waals surface area contributed by atoms with E-state index in [2.05, 4.69) is 9.97 Å². The first kappa shape index (κ1) is 17.6. The molecule has 1 atom stereocenters. The summed E-state index contributed by atoms with van der Waals surface area (Å²) < 4.78 is 14.1. The molecule has 1 aliphatic rings. The van der Waals surface area contributed by atoms with E-state index >= 15 is 0 Å². The molecule has 2 aromatic carbocycles. The van der Waals surface area contributed by atoms with E-state index in [-0.39, 0.29) is 0 Å². The zero-order valence-corrected chi connectivity index (χ0v) is 15.3. The maximum absolute atomic E-state index is 14.1. The van der Waals surface area contributed by atoms with Crippen LogP contribution in [-0.4, -0.2) is 21.0 Å². The summed E-state index contributed by atoms with van der Waals surface area (Å²) in [5.74, 6) is -0.990. The minimum Gasteiger partial charge on any atom is -0.480 e. The van der Waals surface area contributed by atoms with Gasteiger partial charge in [0.25, 0.3) is 0 Å². The van der Waals surface area contributed by atoms with Gasteiger partial charge in [-0.1, -0.05) is 35.9 Å². The standard InChI is InChI=1S/C21H16ClFN2O2/c1-12-14(6-4-8-17(12)23)21(20(26)27)10-9-18-15(21)11-24-19(25-18)13-5-2-3-7-16(13)22/h2-8,11H,9-10H2,1H3,(H,26,27). The predicted octanol–water partition coefficient (Wildman–Crippen LogP) is 4.56. The molecule has 0 amide bonds. The minimum atomic E-state index is -1.35. The highest BCUT2D eigenvalue weighted by atomic mass is 35.5. The van der Waals surface area contributed by atoms with Crippen LogP contribution < -0.4 is 0 Å². The molecule has 3 aromatic rings. The third-order valence-corrected chi connectivity index (χ3v) is 5.60. The number of carboxylic acid groups (broad SMARTS) is 1. The smallest absolute Gasteiger partial charge is 0.318 e. The van der Waals surface area contributed by atoms with Crippen molar-refractivity contribution < 1.29 is 14.3 Å². The van der Waals surface area contributed by atoms with Crippen LogP contribution in [0.25, 0.3) is 11.4 Å². The Labute approximate surface area is 160 Å². The van der Waals surface area contributed by atoms with Crippen LogP contribution in [0.2, 0.25) is 5.02 Å². The Morgan fingerprint density at radius 3 is 2.70 bits per heavy atom. The van der Waals surface area contributed by atoms with Crippen LogP contribution in [-0.2, 0) is 16.6 Å². The van der Waals surface area contributed by atoms with Crippen molar-refractivity contribution >= 4 is 17.6 Å². The lowest BCUT2D eigenvalue weighted by Gasteiger charge is -2.27. The number of carboxylic acids is 1. The lowest BCUT2D eigenvalue weighted by Crippen LogP contribution is -2.36. The van der Waals surface area contributed by atoms with E-state index in [0.29, 0.717) is 51.6 Å². The molecule has 0 spiro atoms.